The molecule has 0 amide bonds. The molecule has 0 unspecified atom stereocenters. The van der Waals surface area contributed by atoms with Gasteiger partial charge in [-0.05, 0) is 38.3 Å². The molecule has 0 bridgehead atoms. The maximum absolute atomic E-state index is 12.1. The Labute approximate surface area is 102 Å². The molecule has 0 aliphatic heterocycles. The van der Waals surface area contributed by atoms with E-state index in [0.717, 1.165) is 11.1 Å². The average Bonchev–Trinajstić information content (AvgIpc) is 2.14. The Balaban J connectivity index is 2.20. The molecular formula is C12H17NO3S. The second-order valence-corrected chi connectivity index (χ2v) is 6.39. The molecule has 5 heteroatoms. The van der Waals surface area contributed by atoms with E-state index >= 15 is 0 Å². The number of rotatable bonds is 3. The van der Waals surface area contributed by atoms with E-state index in [-0.39, 0.29) is 12.1 Å². The summed E-state index contributed by atoms with van der Waals surface area (Å²) in [6.45, 7) is 3.72. The molecule has 1 fully saturated rings. The molecule has 1 aliphatic rings. The Hall–Kier alpha value is -0.910. The molecule has 0 atom stereocenters. The number of hydrogen-bond acceptors (Lipinski definition) is 3. The molecule has 0 radical (unpaired) electrons. The zero-order valence-electron chi connectivity index (χ0n) is 9.97. The fourth-order valence-corrected chi connectivity index (χ4v) is 3.56. The van der Waals surface area contributed by atoms with Crippen LogP contribution in [0.25, 0.3) is 0 Å². The molecule has 4 nitrogen and oxygen atoms in total. The van der Waals surface area contributed by atoms with Crippen molar-refractivity contribution >= 4 is 10.0 Å². The molecule has 0 heterocycles. The van der Waals surface area contributed by atoms with Crippen molar-refractivity contribution in [3.63, 3.8) is 0 Å². The molecule has 0 aromatic heterocycles. The van der Waals surface area contributed by atoms with Crippen LogP contribution in [0.1, 0.15) is 24.0 Å². The number of benzene rings is 1. The zero-order valence-corrected chi connectivity index (χ0v) is 10.8. The minimum atomic E-state index is -3.45. The molecule has 17 heavy (non-hydrogen) atoms. The fraction of sp³-hybridized carbons (Fsp3) is 0.500. The Bertz CT molecular complexity index is 519. The predicted molar refractivity (Wildman–Crippen MR) is 65.3 cm³/mol. The summed E-state index contributed by atoms with van der Waals surface area (Å²) in [4.78, 5) is 0.324. The van der Waals surface area contributed by atoms with Crippen molar-refractivity contribution in [3.8, 4) is 0 Å². The summed E-state index contributed by atoms with van der Waals surface area (Å²) in [6.07, 6.45) is 0.649. The van der Waals surface area contributed by atoms with E-state index in [0.29, 0.717) is 17.7 Å². The van der Waals surface area contributed by atoms with E-state index in [9.17, 15) is 8.42 Å². The fourth-order valence-electron chi connectivity index (χ4n) is 2.07. The lowest BCUT2D eigenvalue weighted by molar-refractivity contribution is 0.0712. The van der Waals surface area contributed by atoms with Crippen LogP contribution in [0.3, 0.4) is 0 Å². The van der Waals surface area contributed by atoms with Crippen LogP contribution in [0.4, 0.5) is 0 Å². The topological polar surface area (TPSA) is 66.4 Å². The molecule has 1 aliphatic carbocycles. The van der Waals surface area contributed by atoms with Gasteiger partial charge in [-0.15, -0.1) is 0 Å². The van der Waals surface area contributed by atoms with E-state index in [1.807, 2.05) is 13.0 Å². The first-order chi connectivity index (χ1) is 7.88. The normalized spacial score (nSPS) is 24.4. The van der Waals surface area contributed by atoms with Gasteiger partial charge in [-0.25, -0.2) is 13.1 Å². The minimum Gasteiger partial charge on any atom is -0.393 e. The van der Waals surface area contributed by atoms with Crippen LogP contribution in [-0.4, -0.2) is 25.7 Å². The van der Waals surface area contributed by atoms with Gasteiger partial charge in [0.2, 0.25) is 10.0 Å². The molecule has 1 saturated carbocycles. The Morgan fingerprint density at radius 2 is 1.94 bits per heavy atom. The average molecular weight is 255 g/mol. The van der Waals surface area contributed by atoms with Crippen molar-refractivity contribution < 1.29 is 13.5 Å². The second-order valence-electron chi connectivity index (χ2n) is 4.71. The molecule has 1 aromatic carbocycles. The molecule has 2 rings (SSSR count). The van der Waals surface area contributed by atoms with Crippen molar-refractivity contribution in [2.45, 2.75) is 43.7 Å². The van der Waals surface area contributed by atoms with Crippen molar-refractivity contribution in [2.24, 2.45) is 0 Å². The second kappa shape index (κ2) is 4.40. The minimum absolute atomic E-state index is 0.129. The van der Waals surface area contributed by atoms with E-state index in [1.54, 1.807) is 19.1 Å². The van der Waals surface area contributed by atoms with E-state index in [2.05, 4.69) is 4.72 Å². The van der Waals surface area contributed by atoms with E-state index in [1.165, 1.54) is 0 Å². The number of hydrogen-bond donors (Lipinski definition) is 2. The van der Waals surface area contributed by atoms with E-state index < -0.39 is 10.0 Å². The van der Waals surface area contributed by atoms with Crippen molar-refractivity contribution in [3.05, 3.63) is 29.3 Å². The molecule has 94 valence electrons. The smallest absolute Gasteiger partial charge is 0.241 e. The summed E-state index contributed by atoms with van der Waals surface area (Å²) < 4.78 is 26.8. The molecular weight excluding hydrogens is 238 g/mol. The van der Waals surface area contributed by atoms with Crippen LogP contribution in [0, 0.1) is 13.8 Å². The number of nitrogens with one attached hydrogen (secondary N) is 1. The summed E-state index contributed by atoms with van der Waals surface area (Å²) >= 11 is 0. The van der Waals surface area contributed by atoms with Crippen LogP contribution >= 0.6 is 0 Å². The van der Waals surface area contributed by atoms with Crippen molar-refractivity contribution in [1.29, 1.82) is 0 Å². The number of aryl methyl sites for hydroxylation is 2. The Morgan fingerprint density at radius 1 is 1.29 bits per heavy atom. The lowest BCUT2D eigenvalue weighted by Crippen LogP contribution is -2.46. The third-order valence-electron chi connectivity index (χ3n) is 3.05. The number of aliphatic hydroxyl groups excluding tert-OH is 1. The van der Waals surface area contributed by atoms with Gasteiger partial charge in [-0.3, -0.25) is 0 Å². The largest absolute Gasteiger partial charge is 0.393 e. The van der Waals surface area contributed by atoms with Crippen LogP contribution in [0.5, 0.6) is 0 Å². The summed E-state index contributed by atoms with van der Waals surface area (Å²) in [6, 6.07) is 5.14. The van der Waals surface area contributed by atoms with Gasteiger partial charge < -0.3 is 5.11 Å². The van der Waals surface area contributed by atoms with Gasteiger partial charge in [0, 0.05) is 6.04 Å². The number of sulfonamides is 1. The van der Waals surface area contributed by atoms with Crippen molar-refractivity contribution in [2.75, 3.05) is 0 Å². The van der Waals surface area contributed by atoms with Crippen LogP contribution in [0.2, 0.25) is 0 Å². The maximum Gasteiger partial charge on any atom is 0.241 e. The molecule has 2 N–H and O–H groups in total. The third-order valence-corrected chi connectivity index (χ3v) is 4.74. The highest BCUT2D eigenvalue weighted by Gasteiger charge is 2.31. The van der Waals surface area contributed by atoms with Gasteiger partial charge in [0.1, 0.15) is 0 Å². The van der Waals surface area contributed by atoms with Gasteiger partial charge in [0.15, 0.2) is 0 Å². The van der Waals surface area contributed by atoms with E-state index in [4.69, 9.17) is 5.11 Å². The first-order valence-corrected chi connectivity index (χ1v) is 7.14. The highest BCUT2D eigenvalue weighted by molar-refractivity contribution is 7.89. The summed E-state index contributed by atoms with van der Waals surface area (Å²) in [5.41, 5.74) is 1.79. The highest BCUT2D eigenvalue weighted by Crippen LogP contribution is 2.23. The lowest BCUT2D eigenvalue weighted by atomic mass is 9.91. The number of aliphatic hydroxyl groups is 1. The zero-order chi connectivity index (χ0) is 12.6. The first kappa shape index (κ1) is 12.5. The van der Waals surface area contributed by atoms with Gasteiger partial charge in [-0.2, -0.15) is 0 Å². The summed E-state index contributed by atoms with van der Waals surface area (Å²) in [7, 11) is -3.45. The molecule has 1 aromatic rings. The van der Waals surface area contributed by atoms with Crippen LogP contribution in [0.15, 0.2) is 23.1 Å². The predicted octanol–water partition coefficient (Wildman–Crippen LogP) is 1.11. The molecule has 0 spiro atoms. The first-order valence-electron chi connectivity index (χ1n) is 5.66. The van der Waals surface area contributed by atoms with Gasteiger partial charge in [0.05, 0.1) is 11.0 Å². The Kier molecular flexibility index (Phi) is 3.25. The van der Waals surface area contributed by atoms with Gasteiger partial charge in [0.25, 0.3) is 0 Å². The van der Waals surface area contributed by atoms with Crippen molar-refractivity contribution in [1.82, 2.24) is 4.72 Å². The lowest BCUT2D eigenvalue weighted by Gasteiger charge is -2.31. The summed E-state index contributed by atoms with van der Waals surface area (Å²) in [5.74, 6) is 0. The van der Waals surface area contributed by atoms with Gasteiger partial charge >= 0.3 is 0 Å². The SMILES string of the molecule is Cc1ccc(S(=O)(=O)NC2CC(O)C2)c(C)c1. The Morgan fingerprint density at radius 3 is 2.47 bits per heavy atom. The monoisotopic (exact) mass is 255 g/mol. The molecule has 0 saturated heterocycles. The van der Waals surface area contributed by atoms with Crippen LogP contribution in [-0.2, 0) is 10.0 Å². The quantitative estimate of drug-likeness (QED) is 0.850. The standard InChI is InChI=1S/C12H17NO3S/c1-8-3-4-12(9(2)5-8)17(15,16)13-10-6-11(14)7-10/h3-5,10-11,13-14H,6-7H2,1-2H3. The highest BCUT2D eigenvalue weighted by atomic mass is 32.2. The maximum atomic E-state index is 12.1. The third kappa shape index (κ3) is 2.68. The van der Waals surface area contributed by atoms with Crippen LogP contribution < -0.4 is 4.72 Å². The van der Waals surface area contributed by atoms with Gasteiger partial charge in [-0.1, -0.05) is 17.7 Å². The summed E-state index contributed by atoms with van der Waals surface area (Å²) in [5, 5.41) is 9.14.